The molecule has 11 heteroatoms. The van der Waals surface area contributed by atoms with E-state index in [4.69, 9.17) is 20.8 Å². The summed E-state index contributed by atoms with van der Waals surface area (Å²) >= 11 is 5.87. The molecule has 0 saturated carbocycles. The molecular weight excluding hydrogens is 481 g/mol. The summed E-state index contributed by atoms with van der Waals surface area (Å²) in [7, 11) is 1.49. The van der Waals surface area contributed by atoms with E-state index in [0.717, 1.165) is 6.07 Å². The number of amides is 3. The number of urea groups is 1. The Morgan fingerprint density at radius 3 is 2.54 bits per heavy atom. The SMILES string of the molecule is COC1CC(C(=O)Nc2ccc(-c3ccoc3C(=O)O)cc2F)N(C(=O)Nc2ccc(Cl)cc2)C1. The first-order valence-corrected chi connectivity index (χ1v) is 10.9. The number of carbonyl (C=O) groups excluding carboxylic acids is 2. The Labute approximate surface area is 204 Å². The Bertz CT molecular complexity index is 1260. The van der Waals surface area contributed by atoms with Gasteiger partial charge in [0.25, 0.3) is 0 Å². The van der Waals surface area contributed by atoms with Gasteiger partial charge in [0.05, 0.1) is 18.1 Å². The number of nitrogens with zero attached hydrogens (tertiary/aromatic N) is 1. The molecule has 182 valence electrons. The van der Waals surface area contributed by atoms with Gasteiger partial charge < -0.3 is 29.8 Å². The highest BCUT2D eigenvalue weighted by atomic mass is 35.5. The van der Waals surface area contributed by atoms with Crippen LogP contribution in [0.15, 0.2) is 59.2 Å². The van der Waals surface area contributed by atoms with Gasteiger partial charge in [-0.25, -0.2) is 14.0 Å². The van der Waals surface area contributed by atoms with Crippen molar-refractivity contribution < 1.29 is 33.0 Å². The van der Waals surface area contributed by atoms with Crippen LogP contribution in [0.4, 0.5) is 20.6 Å². The molecule has 1 aromatic heterocycles. The van der Waals surface area contributed by atoms with Gasteiger partial charge in [-0.1, -0.05) is 17.7 Å². The van der Waals surface area contributed by atoms with E-state index in [0.29, 0.717) is 10.7 Å². The normalized spacial score (nSPS) is 17.3. The number of hydrogen-bond donors (Lipinski definition) is 3. The van der Waals surface area contributed by atoms with Crippen molar-refractivity contribution in [3.8, 4) is 11.1 Å². The number of hydrogen-bond acceptors (Lipinski definition) is 5. The molecule has 0 spiro atoms. The minimum atomic E-state index is -1.28. The van der Waals surface area contributed by atoms with Crippen LogP contribution in [-0.4, -0.2) is 53.7 Å². The van der Waals surface area contributed by atoms with Crippen molar-refractivity contribution in [1.82, 2.24) is 4.90 Å². The standard InChI is InChI=1S/C24H21ClFN3O6/c1-34-16-11-20(29(12-16)24(33)27-15-5-3-14(25)4-6-15)22(30)28-19-7-2-13(10-18(19)26)17-8-9-35-21(17)23(31)32/h2-10,16,20H,11-12H2,1H3,(H,27,33)(H,28,30)(H,31,32). The fourth-order valence-electron chi connectivity index (χ4n) is 3.87. The van der Waals surface area contributed by atoms with Crippen molar-refractivity contribution in [2.24, 2.45) is 0 Å². The highest BCUT2D eigenvalue weighted by Crippen LogP contribution is 2.29. The number of anilines is 2. The molecular formula is C24H21ClFN3O6. The minimum absolute atomic E-state index is 0.113. The average molecular weight is 502 g/mol. The highest BCUT2D eigenvalue weighted by molar-refractivity contribution is 6.30. The first kappa shape index (κ1) is 24.2. The zero-order valence-electron chi connectivity index (χ0n) is 18.5. The molecule has 2 heterocycles. The Morgan fingerprint density at radius 1 is 1.14 bits per heavy atom. The average Bonchev–Trinajstić information content (AvgIpc) is 3.49. The molecule has 1 aliphatic heterocycles. The predicted octanol–water partition coefficient (Wildman–Crippen LogP) is 4.70. The highest BCUT2D eigenvalue weighted by Gasteiger charge is 2.40. The summed E-state index contributed by atoms with van der Waals surface area (Å²) in [6.45, 7) is 0.174. The number of aromatic carboxylic acids is 1. The molecule has 0 bridgehead atoms. The van der Waals surface area contributed by atoms with Gasteiger partial charge in [0.2, 0.25) is 11.7 Å². The molecule has 9 nitrogen and oxygen atoms in total. The number of halogens is 2. The number of likely N-dealkylation sites (tertiary alicyclic amines) is 1. The Morgan fingerprint density at radius 2 is 1.89 bits per heavy atom. The second-order valence-corrected chi connectivity index (χ2v) is 8.29. The molecule has 2 aromatic carbocycles. The Hall–Kier alpha value is -3.89. The molecule has 3 amide bonds. The van der Waals surface area contributed by atoms with Gasteiger partial charge in [-0.3, -0.25) is 4.79 Å². The first-order chi connectivity index (χ1) is 16.8. The molecule has 2 atom stereocenters. The molecule has 2 unspecified atom stereocenters. The lowest BCUT2D eigenvalue weighted by Gasteiger charge is -2.24. The summed E-state index contributed by atoms with van der Waals surface area (Å²) in [6.07, 6.45) is 1.06. The summed E-state index contributed by atoms with van der Waals surface area (Å²) in [5.74, 6) is -2.96. The number of nitrogens with one attached hydrogen (secondary N) is 2. The molecule has 3 aromatic rings. The van der Waals surface area contributed by atoms with E-state index in [1.54, 1.807) is 24.3 Å². The number of ether oxygens (including phenoxy) is 1. The van der Waals surface area contributed by atoms with E-state index in [2.05, 4.69) is 10.6 Å². The van der Waals surface area contributed by atoms with Gasteiger partial charge in [-0.2, -0.15) is 0 Å². The van der Waals surface area contributed by atoms with Crippen LogP contribution in [0.25, 0.3) is 11.1 Å². The molecule has 35 heavy (non-hydrogen) atoms. The zero-order chi connectivity index (χ0) is 25.1. The third kappa shape index (κ3) is 5.28. The number of carboxylic acids is 1. The van der Waals surface area contributed by atoms with Crippen molar-refractivity contribution in [3.63, 3.8) is 0 Å². The second kappa shape index (κ2) is 10.2. The Kier molecular flexibility index (Phi) is 7.04. The summed E-state index contributed by atoms with van der Waals surface area (Å²) in [5.41, 5.74) is 0.869. The van der Waals surface area contributed by atoms with Gasteiger partial charge in [0.15, 0.2) is 0 Å². The third-order valence-corrected chi connectivity index (χ3v) is 5.90. The van der Waals surface area contributed by atoms with Gasteiger partial charge >= 0.3 is 12.0 Å². The van der Waals surface area contributed by atoms with Crippen LogP contribution in [0.5, 0.6) is 0 Å². The number of rotatable bonds is 6. The zero-order valence-corrected chi connectivity index (χ0v) is 19.2. The molecule has 4 rings (SSSR count). The van der Waals surface area contributed by atoms with Crippen molar-refractivity contribution in [1.29, 1.82) is 0 Å². The van der Waals surface area contributed by atoms with Gasteiger partial charge in [0.1, 0.15) is 11.9 Å². The van der Waals surface area contributed by atoms with Crippen LogP contribution in [0.3, 0.4) is 0 Å². The first-order valence-electron chi connectivity index (χ1n) is 10.5. The van der Waals surface area contributed by atoms with E-state index in [1.807, 2.05) is 0 Å². The fourth-order valence-corrected chi connectivity index (χ4v) is 4.00. The van der Waals surface area contributed by atoms with Crippen molar-refractivity contribution >= 4 is 40.9 Å². The Balaban J connectivity index is 1.50. The van der Waals surface area contributed by atoms with Crippen LogP contribution < -0.4 is 10.6 Å². The van der Waals surface area contributed by atoms with E-state index in [1.165, 1.54) is 36.5 Å². The summed E-state index contributed by atoms with van der Waals surface area (Å²) < 4.78 is 25.1. The molecule has 1 aliphatic rings. The monoisotopic (exact) mass is 501 g/mol. The summed E-state index contributed by atoms with van der Waals surface area (Å²) in [6, 6.07) is 10.4. The van der Waals surface area contributed by atoms with Gasteiger partial charge in [-0.05, 0) is 48.0 Å². The molecule has 0 aliphatic carbocycles. The van der Waals surface area contributed by atoms with Crippen LogP contribution in [0.1, 0.15) is 17.0 Å². The predicted molar refractivity (Wildman–Crippen MR) is 126 cm³/mol. The quantitative estimate of drug-likeness (QED) is 0.450. The topological polar surface area (TPSA) is 121 Å². The van der Waals surface area contributed by atoms with Crippen molar-refractivity contribution in [3.05, 3.63) is 71.4 Å². The number of carbonyl (C=O) groups is 3. The smallest absolute Gasteiger partial charge is 0.372 e. The van der Waals surface area contributed by atoms with Crippen LogP contribution in [0, 0.1) is 5.82 Å². The molecule has 1 fully saturated rings. The molecule has 0 radical (unpaired) electrons. The summed E-state index contributed by atoms with van der Waals surface area (Å²) in [4.78, 5) is 38.5. The maximum Gasteiger partial charge on any atom is 0.372 e. The maximum absolute atomic E-state index is 14.8. The summed E-state index contributed by atoms with van der Waals surface area (Å²) in [5, 5.41) is 14.9. The maximum atomic E-state index is 14.8. The van der Waals surface area contributed by atoms with E-state index < -0.39 is 29.8 Å². The van der Waals surface area contributed by atoms with E-state index >= 15 is 0 Å². The largest absolute Gasteiger partial charge is 0.475 e. The van der Waals surface area contributed by atoms with Crippen LogP contribution >= 0.6 is 11.6 Å². The lowest BCUT2D eigenvalue weighted by molar-refractivity contribution is -0.119. The third-order valence-electron chi connectivity index (χ3n) is 5.65. The van der Waals surface area contributed by atoms with Gasteiger partial charge in [-0.15, -0.1) is 0 Å². The van der Waals surface area contributed by atoms with Crippen molar-refractivity contribution in [2.45, 2.75) is 18.6 Å². The molecule has 3 N–H and O–H groups in total. The van der Waals surface area contributed by atoms with Crippen LogP contribution in [-0.2, 0) is 9.53 Å². The van der Waals surface area contributed by atoms with Crippen molar-refractivity contribution in [2.75, 3.05) is 24.3 Å². The lowest BCUT2D eigenvalue weighted by atomic mass is 10.1. The number of methoxy groups -OCH3 is 1. The lowest BCUT2D eigenvalue weighted by Crippen LogP contribution is -2.45. The fraction of sp³-hybridized carbons (Fsp3) is 0.208. The number of furan rings is 1. The van der Waals surface area contributed by atoms with Crippen LogP contribution in [0.2, 0.25) is 5.02 Å². The number of carboxylic acid groups (broad SMARTS) is 1. The second-order valence-electron chi connectivity index (χ2n) is 7.85. The van der Waals surface area contributed by atoms with E-state index in [9.17, 15) is 23.9 Å². The van der Waals surface area contributed by atoms with E-state index in [-0.39, 0.29) is 41.6 Å². The van der Waals surface area contributed by atoms with Gasteiger partial charge in [0, 0.05) is 36.3 Å². The minimum Gasteiger partial charge on any atom is -0.475 e. The number of benzene rings is 2. The molecule has 1 saturated heterocycles.